The molecule has 0 saturated heterocycles. The van der Waals surface area contributed by atoms with Crippen LogP contribution in [0.5, 0.6) is 0 Å². The van der Waals surface area contributed by atoms with Gasteiger partial charge in [0.15, 0.2) is 29.5 Å². The summed E-state index contributed by atoms with van der Waals surface area (Å²) in [6.07, 6.45) is -7.41. The van der Waals surface area contributed by atoms with Gasteiger partial charge in [0.1, 0.15) is 12.4 Å². The number of rotatable bonds is 5. The normalized spacial score (nSPS) is 15.8. The number of hydrogen-bond donors (Lipinski definition) is 0. The van der Waals surface area contributed by atoms with E-state index in [9.17, 15) is 91.1 Å². The molecular weight excluding hydrogens is 637 g/mol. The maximum Gasteiger partial charge on any atom is 0.470 e. The second kappa shape index (κ2) is 9.96. The van der Waals surface area contributed by atoms with Crippen molar-refractivity contribution in [2.24, 2.45) is 7.05 Å². The molecule has 1 aromatic heterocycles. The third kappa shape index (κ3) is 7.11. The fraction of sp³-hybridized carbons (Fsp3) is 0.636. The van der Waals surface area contributed by atoms with E-state index >= 15 is 0 Å². The molecule has 1 aromatic rings. The zero-order valence-corrected chi connectivity index (χ0v) is 19.0. The SMILES string of the molecule is C[n+]1ccn(C(F)(F)C(F)C(F)(F)F)c1.O=S(=O)([C-](S(=O)(=O)C(F)(F)F)S(=O)(=O)C(F)(F)F)C(F)(F)F. The van der Waals surface area contributed by atoms with Crippen molar-refractivity contribution in [3.63, 3.8) is 0 Å². The molecule has 1 unspecified atom stereocenters. The Morgan fingerprint density at radius 2 is 0.973 bits per heavy atom. The van der Waals surface area contributed by atoms with Crippen molar-refractivity contribution in [2.75, 3.05) is 0 Å². The van der Waals surface area contributed by atoms with Crippen molar-refractivity contribution in [3.8, 4) is 0 Å². The van der Waals surface area contributed by atoms with Crippen LogP contribution in [0, 0.1) is 3.91 Å². The molecule has 37 heavy (non-hydrogen) atoms. The summed E-state index contributed by atoms with van der Waals surface area (Å²) in [6.45, 7) is 0. The van der Waals surface area contributed by atoms with Gasteiger partial charge in [0.25, 0.3) is 0 Å². The van der Waals surface area contributed by atoms with E-state index in [-0.39, 0.29) is 4.57 Å². The Morgan fingerprint density at radius 3 is 1.16 bits per heavy atom. The summed E-state index contributed by atoms with van der Waals surface area (Å²) in [5, 5.41) is 0. The zero-order valence-electron chi connectivity index (χ0n) is 16.5. The van der Waals surface area contributed by atoms with Crippen molar-refractivity contribution < 1.29 is 95.7 Å². The van der Waals surface area contributed by atoms with Crippen LogP contribution in [0.25, 0.3) is 0 Å². The molecule has 0 amide bonds. The van der Waals surface area contributed by atoms with E-state index in [1.165, 1.54) is 7.05 Å². The fourth-order valence-corrected chi connectivity index (χ4v) is 7.41. The molecule has 0 aromatic carbocycles. The van der Waals surface area contributed by atoms with Crippen LogP contribution in [0.1, 0.15) is 0 Å². The summed E-state index contributed by atoms with van der Waals surface area (Å²) in [5.74, 6) is 0. The number of imidazole rings is 1. The van der Waals surface area contributed by atoms with Crippen LogP contribution in [0.15, 0.2) is 18.7 Å². The van der Waals surface area contributed by atoms with Crippen LogP contribution in [0.4, 0.5) is 65.9 Å². The van der Waals surface area contributed by atoms with Gasteiger partial charge in [0.2, 0.25) is 6.33 Å². The molecule has 0 radical (unpaired) electrons. The highest BCUT2D eigenvalue weighted by molar-refractivity contribution is 8.29. The van der Waals surface area contributed by atoms with Crippen LogP contribution in [-0.2, 0) is 42.6 Å². The summed E-state index contributed by atoms with van der Waals surface area (Å²) < 4.78 is 242. The molecule has 1 atom stereocenters. The predicted molar refractivity (Wildman–Crippen MR) is 84.9 cm³/mol. The molecule has 220 valence electrons. The van der Waals surface area contributed by atoms with Crippen molar-refractivity contribution >= 4 is 29.5 Å². The predicted octanol–water partition coefficient (Wildman–Crippen LogP) is 3.00. The van der Waals surface area contributed by atoms with Crippen molar-refractivity contribution in [3.05, 3.63) is 22.6 Å². The topological polar surface area (TPSA) is 111 Å². The first-order valence-electron chi connectivity index (χ1n) is 7.70. The molecule has 1 heterocycles. The summed E-state index contributed by atoms with van der Waals surface area (Å²) in [5.41, 5.74) is -21.2. The molecule has 0 N–H and O–H groups in total. The monoisotopic (exact) mass is 644 g/mol. The van der Waals surface area contributed by atoms with Crippen molar-refractivity contribution in [1.82, 2.24) is 4.57 Å². The average Bonchev–Trinajstić information content (AvgIpc) is 3.04. The molecule has 0 aliphatic rings. The number of nitrogens with zero attached hydrogens (tertiary/aromatic N) is 2. The molecular formula is C11H7F15N2O6S3. The second-order valence-electron chi connectivity index (χ2n) is 6.08. The smallest absolute Gasteiger partial charge is 0.251 e. The molecule has 0 bridgehead atoms. The molecule has 8 nitrogen and oxygen atoms in total. The summed E-state index contributed by atoms with van der Waals surface area (Å²) >= 11 is 0. The van der Waals surface area contributed by atoms with Gasteiger partial charge in [-0.05, 0) is 0 Å². The van der Waals surface area contributed by atoms with Crippen LogP contribution in [0.2, 0.25) is 0 Å². The van der Waals surface area contributed by atoms with Crippen molar-refractivity contribution in [2.45, 2.75) is 34.9 Å². The lowest BCUT2D eigenvalue weighted by molar-refractivity contribution is -0.671. The average molecular weight is 644 g/mol. The van der Waals surface area contributed by atoms with Gasteiger partial charge in [-0.2, -0.15) is 66.0 Å². The van der Waals surface area contributed by atoms with E-state index in [1.54, 1.807) is 0 Å². The molecule has 0 fully saturated rings. The number of sulfone groups is 3. The maximum atomic E-state index is 12.9. The van der Waals surface area contributed by atoms with Gasteiger partial charge in [0.05, 0.1) is 11.0 Å². The number of halogens is 15. The molecule has 0 saturated carbocycles. The fourth-order valence-electron chi connectivity index (χ4n) is 1.67. The summed E-state index contributed by atoms with van der Waals surface area (Å²) in [6, 6.07) is -4.64. The lowest BCUT2D eigenvalue weighted by atomic mass is 10.3. The highest BCUT2D eigenvalue weighted by atomic mass is 32.3. The first-order chi connectivity index (χ1) is 15.8. The zero-order chi connectivity index (χ0) is 30.4. The van der Waals surface area contributed by atoms with Gasteiger partial charge in [0, 0.05) is 0 Å². The van der Waals surface area contributed by atoms with Gasteiger partial charge < -0.3 is 0 Å². The Balaban J connectivity index is 0.000000749. The minimum atomic E-state index is -8.02. The largest absolute Gasteiger partial charge is 0.470 e. The van der Waals surface area contributed by atoms with Gasteiger partial charge in [-0.1, -0.05) is 0 Å². The summed E-state index contributed by atoms with van der Waals surface area (Å²) in [7, 11) is -22.7. The van der Waals surface area contributed by atoms with Crippen LogP contribution >= 0.6 is 0 Å². The molecule has 26 heteroatoms. The molecule has 0 aliphatic heterocycles. The third-order valence-corrected chi connectivity index (χ3v) is 10.4. The first-order valence-corrected chi connectivity index (χ1v) is 12.2. The van der Waals surface area contributed by atoms with E-state index in [4.69, 9.17) is 0 Å². The highest BCUT2D eigenvalue weighted by Crippen LogP contribution is 2.47. The Hall–Kier alpha value is -1.99. The molecule has 0 spiro atoms. The quantitative estimate of drug-likeness (QED) is 0.277. The Morgan fingerprint density at radius 1 is 0.676 bits per heavy atom. The van der Waals surface area contributed by atoms with Gasteiger partial charge in [-0.15, -0.1) is 0 Å². The van der Waals surface area contributed by atoms with Gasteiger partial charge >= 0.3 is 34.9 Å². The summed E-state index contributed by atoms with van der Waals surface area (Å²) in [4.78, 5) is 0. The van der Waals surface area contributed by atoms with Crippen molar-refractivity contribution in [1.29, 1.82) is 0 Å². The first kappa shape index (κ1) is 35.0. The lowest BCUT2D eigenvalue weighted by Gasteiger charge is -2.31. The van der Waals surface area contributed by atoms with Crippen LogP contribution in [-0.4, -0.2) is 58.7 Å². The Labute approximate surface area is 195 Å². The lowest BCUT2D eigenvalue weighted by Crippen LogP contribution is -2.47. The Bertz CT molecular complexity index is 1170. The van der Waals surface area contributed by atoms with E-state index < -0.39 is 68.3 Å². The van der Waals surface area contributed by atoms with E-state index in [2.05, 4.69) is 0 Å². The minimum Gasteiger partial charge on any atom is -0.251 e. The maximum absolute atomic E-state index is 12.9. The molecule has 0 aliphatic carbocycles. The highest BCUT2D eigenvalue weighted by Gasteiger charge is 2.63. The number of hydrogen-bond acceptors (Lipinski definition) is 6. The third-order valence-electron chi connectivity index (χ3n) is 3.28. The van der Waals surface area contributed by atoms with E-state index in [0.717, 1.165) is 10.8 Å². The Kier molecular flexibility index (Phi) is 9.42. The molecule has 1 rings (SSSR count). The van der Waals surface area contributed by atoms with Gasteiger partial charge in [-0.25, -0.2) is 8.96 Å². The standard InChI is InChI=1S/C7H7F6N2.C4F9O6S3/c1-14-2-3-15(4-14)7(12,13)5(8)6(9,10)11;5-2(6,7)20(14,15)1(21(16,17)3(8,9)10)22(18,19)4(11,12)13/h2-5H,1H3;/q+1;-1. The second-order valence-corrected chi connectivity index (χ2v) is 12.5. The van der Waals surface area contributed by atoms with Crippen LogP contribution in [0.3, 0.4) is 0 Å². The minimum absolute atomic E-state index is 0.120. The number of aryl methyl sites for hydroxylation is 1. The van der Waals surface area contributed by atoms with Gasteiger partial charge in [-0.3, -0.25) is 25.3 Å². The van der Waals surface area contributed by atoms with E-state index in [0.29, 0.717) is 12.5 Å². The van der Waals surface area contributed by atoms with Crippen LogP contribution < -0.4 is 4.57 Å². The van der Waals surface area contributed by atoms with E-state index in [1.807, 2.05) is 0 Å². The number of alkyl halides is 15. The number of aromatic nitrogens is 2.